The van der Waals surface area contributed by atoms with Crippen molar-refractivity contribution in [2.45, 2.75) is 44.6 Å². The molecule has 0 aromatic heterocycles. The lowest BCUT2D eigenvalue weighted by atomic mass is 9.68. The molecular formula is C28H31BrN2O2. The summed E-state index contributed by atoms with van der Waals surface area (Å²) in [5.41, 5.74) is 6.21. The van der Waals surface area contributed by atoms with E-state index in [4.69, 9.17) is 4.74 Å². The highest BCUT2D eigenvalue weighted by molar-refractivity contribution is 9.10. The minimum absolute atomic E-state index is 0.157. The van der Waals surface area contributed by atoms with E-state index in [0.717, 1.165) is 64.6 Å². The summed E-state index contributed by atoms with van der Waals surface area (Å²) in [6.45, 7) is 9.92. The number of allylic oxidation sites excluding steroid dienone is 2. The molecule has 2 aromatic carbocycles. The number of ketones is 1. The van der Waals surface area contributed by atoms with Crippen LogP contribution < -0.4 is 10.1 Å². The van der Waals surface area contributed by atoms with Gasteiger partial charge in [-0.3, -0.25) is 9.69 Å². The standard InChI is InChI=1S/C28H31BrN2O2/c1-28(2)24-13-21(33-16-17-7-9-31(10-8-17)20-14-30-15-20)4-6-23(24)27(32)26-22-5-3-19(29)11-18(22)12-25(26)28/h3-6,11,13,17,20,30H,7-10,12,14-16H2,1-2H3. The monoisotopic (exact) mass is 506 g/mol. The number of Topliss-reactive ketones (excluding diaryl/α,β-unsaturated/α-hetero) is 1. The Morgan fingerprint density at radius 3 is 2.58 bits per heavy atom. The lowest BCUT2D eigenvalue weighted by Crippen LogP contribution is -2.58. The first-order valence-corrected chi connectivity index (χ1v) is 13.0. The highest BCUT2D eigenvalue weighted by Crippen LogP contribution is 2.50. The Hall–Kier alpha value is -1.95. The van der Waals surface area contributed by atoms with Crippen molar-refractivity contribution < 1.29 is 9.53 Å². The number of hydrogen-bond acceptors (Lipinski definition) is 4. The number of benzene rings is 2. The molecular weight excluding hydrogens is 476 g/mol. The molecule has 2 saturated heterocycles. The van der Waals surface area contributed by atoms with Gasteiger partial charge in [-0.25, -0.2) is 0 Å². The van der Waals surface area contributed by atoms with Gasteiger partial charge in [0.05, 0.1) is 6.61 Å². The fraction of sp³-hybridized carbons (Fsp3) is 0.464. The summed E-state index contributed by atoms with van der Waals surface area (Å²) in [6, 6.07) is 13.1. The molecule has 1 N–H and O–H groups in total. The Labute approximate surface area is 204 Å². The number of carbonyl (C=O) groups is 1. The summed E-state index contributed by atoms with van der Waals surface area (Å²) in [6.07, 6.45) is 3.24. The molecule has 2 heterocycles. The maximum atomic E-state index is 13.5. The van der Waals surface area contributed by atoms with Crippen LogP contribution in [0.25, 0.3) is 5.57 Å². The molecule has 0 radical (unpaired) electrons. The quantitative estimate of drug-likeness (QED) is 0.633. The minimum atomic E-state index is -0.203. The van der Waals surface area contributed by atoms with Crippen LogP contribution in [0.1, 0.15) is 53.7 Å². The summed E-state index contributed by atoms with van der Waals surface area (Å²) in [4.78, 5) is 16.2. The van der Waals surface area contributed by atoms with Crippen LogP contribution in [0.3, 0.4) is 0 Å². The van der Waals surface area contributed by atoms with E-state index in [-0.39, 0.29) is 11.2 Å². The van der Waals surface area contributed by atoms with E-state index < -0.39 is 0 Å². The van der Waals surface area contributed by atoms with Crippen molar-refractivity contribution in [3.63, 3.8) is 0 Å². The van der Waals surface area contributed by atoms with Gasteiger partial charge in [-0.15, -0.1) is 0 Å². The second kappa shape index (κ2) is 8.07. The van der Waals surface area contributed by atoms with Crippen LogP contribution in [0.5, 0.6) is 5.75 Å². The van der Waals surface area contributed by atoms with Crippen LogP contribution in [0.15, 0.2) is 46.4 Å². The maximum Gasteiger partial charge on any atom is 0.193 e. The van der Waals surface area contributed by atoms with Crippen molar-refractivity contribution in [3.05, 3.63) is 68.7 Å². The van der Waals surface area contributed by atoms with E-state index in [1.54, 1.807) is 0 Å². The SMILES string of the molecule is CC1(C)C2=C(C(=O)c3ccc(OCC4CCN(C5CNC5)CC4)cc31)c1ccc(Br)cc1C2. The van der Waals surface area contributed by atoms with Gasteiger partial charge < -0.3 is 10.1 Å². The Morgan fingerprint density at radius 1 is 1.09 bits per heavy atom. The largest absolute Gasteiger partial charge is 0.493 e. The first-order chi connectivity index (χ1) is 15.9. The van der Waals surface area contributed by atoms with Gasteiger partial charge in [0.2, 0.25) is 0 Å². The van der Waals surface area contributed by atoms with E-state index in [9.17, 15) is 4.79 Å². The highest BCUT2D eigenvalue weighted by Gasteiger charge is 2.43. The molecule has 4 nitrogen and oxygen atoms in total. The zero-order valence-corrected chi connectivity index (χ0v) is 21.0. The smallest absolute Gasteiger partial charge is 0.193 e. The number of nitrogens with zero attached hydrogens (tertiary/aromatic N) is 1. The molecule has 2 fully saturated rings. The van der Waals surface area contributed by atoms with Crippen LogP contribution in [0.4, 0.5) is 0 Å². The first-order valence-electron chi connectivity index (χ1n) is 12.2. The fourth-order valence-electron chi connectivity index (χ4n) is 6.04. The molecule has 0 unspecified atom stereocenters. The van der Waals surface area contributed by atoms with E-state index in [1.165, 1.54) is 37.1 Å². The summed E-state index contributed by atoms with van der Waals surface area (Å²) in [5, 5.41) is 3.38. The second-order valence-corrected chi connectivity index (χ2v) is 11.5. The van der Waals surface area contributed by atoms with Crippen LogP contribution in [-0.2, 0) is 11.8 Å². The van der Waals surface area contributed by atoms with E-state index in [0.29, 0.717) is 5.92 Å². The number of likely N-dealkylation sites (tertiary alicyclic amines) is 1. The van der Waals surface area contributed by atoms with Crippen LogP contribution >= 0.6 is 15.9 Å². The van der Waals surface area contributed by atoms with Crippen molar-refractivity contribution in [2.24, 2.45) is 5.92 Å². The van der Waals surface area contributed by atoms with E-state index >= 15 is 0 Å². The second-order valence-electron chi connectivity index (χ2n) is 10.6. The molecule has 0 spiro atoms. The molecule has 2 aliphatic carbocycles. The Bertz CT molecular complexity index is 1160. The third kappa shape index (κ3) is 3.60. The minimum Gasteiger partial charge on any atom is -0.493 e. The van der Waals surface area contributed by atoms with Crippen molar-refractivity contribution >= 4 is 27.3 Å². The van der Waals surface area contributed by atoms with Gasteiger partial charge >= 0.3 is 0 Å². The Kier molecular flexibility index (Phi) is 5.28. The Balaban J connectivity index is 1.19. The van der Waals surface area contributed by atoms with Gasteiger partial charge in [0, 0.05) is 40.2 Å². The van der Waals surface area contributed by atoms with Gasteiger partial charge in [-0.05, 0) is 90.9 Å². The third-order valence-electron chi connectivity index (χ3n) is 8.31. The van der Waals surface area contributed by atoms with Gasteiger partial charge in [0.15, 0.2) is 5.78 Å². The average Bonchev–Trinajstić information content (AvgIpc) is 3.16. The molecule has 0 saturated carbocycles. The molecule has 2 aliphatic heterocycles. The maximum absolute atomic E-state index is 13.5. The lowest BCUT2D eigenvalue weighted by Gasteiger charge is -2.42. The highest BCUT2D eigenvalue weighted by atomic mass is 79.9. The van der Waals surface area contributed by atoms with Crippen molar-refractivity contribution in [2.75, 3.05) is 32.8 Å². The zero-order chi connectivity index (χ0) is 22.7. The van der Waals surface area contributed by atoms with Crippen LogP contribution in [-0.4, -0.2) is 49.5 Å². The molecule has 5 heteroatoms. The summed E-state index contributed by atoms with van der Waals surface area (Å²) in [7, 11) is 0. The van der Waals surface area contributed by atoms with Crippen molar-refractivity contribution in [1.82, 2.24) is 10.2 Å². The number of fused-ring (bicyclic) bond motifs is 3. The number of rotatable bonds is 4. The van der Waals surface area contributed by atoms with Gasteiger partial charge in [0.25, 0.3) is 0 Å². The van der Waals surface area contributed by atoms with Crippen molar-refractivity contribution in [1.29, 1.82) is 0 Å². The van der Waals surface area contributed by atoms with Gasteiger partial charge in [-0.2, -0.15) is 0 Å². The molecule has 172 valence electrons. The number of halogens is 1. The van der Waals surface area contributed by atoms with E-state index in [2.05, 4.69) is 58.2 Å². The summed E-state index contributed by atoms with van der Waals surface area (Å²) in [5.74, 6) is 1.66. The predicted octanol–water partition coefficient (Wildman–Crippen LogP) is 5.00. The molecule has 33 heavy (non-hydrogen) atoms. The summed E-state index contributed by atoms with van der Waals surface area (Å²) < 4.78 is 7.37. The number of nitrogens with one attached hydrogen (secondary N) is 1. The van der Waals surface area contributed by atoms with Crippen molar-refractivity contribution in [3.8, 4) is 5.75 Å². The lowest BCUT2D eigenvalue weighted by molar-refractivity contribution is 0.0823. The van der Waals surface area contributed by atoms with Crippen LogP contribution in [0.2, 0.25) is 0 Å². The number of carbonyl (C=O) groups excluding carboxylic acids is 1. The molecule has 2 aromatic rings. The molecule has 6 rings (SSSR count). The first kappa shape index (κ1) is 21.6. The molecule has 0 bridgehead atoms. The van der Waals surface area contributed by atoms with E-state index in [1.807, 2.05) is 18.2 Å². The zero-order valence-electron chi connectivity index (χ0n) is 19.4. The average molecular weight is 507 g/mol. The number of hydrogen-bond donors (Lipinski definition) is 1. The normalized spacial score (nSPS) is 22.6. The number of ether oxygens (including phenoxy) is 1. The molecule has 0 atom stereocenters. The molecule has 4 aliphatic rings. The third-order valence-corrected chi connectivity index (χ3v) is 8.80. The van der Waals surface area contributed by atoms with Crippen LogP contribution in [0, 0.1) is 5.92 Å². The van der Waals surface area contributed by atoms with Gasteiger partial charge in [-0.1, -0.05) is 35.8 Å². The van der Waals surface area contributed by atoms with Gasteiger partial charge in [0.1, 0.15) is 5.75 Å². The topological polar surface area (TPSA) is 41.6 Å². The Morgan fingerprint density at radius 2 is 1.85 bits per heavy atom. The molecule has 0 amide bonds. The predicted molar refractivity (Wildman–Crippen MR) is 135 cm³/mol. The fourth-order valence-corrected chi connectivity index (χ4v) is 6.45. The number of piperidine rings is 1. The summed E-state index contributed by atoms with van der Waals surface area (Å²) >= 11 is 3.59.